The van der Waals surface area contributed by atoms with Gasteiger partial charge >= 0.3 is 0 Å². The zero-order valence-electron chi connectivity index (χ0n) is 5.59. The molecule has 0 aliphatic carbocycles. The van der Waals surface area contributed by atoms with Crippen LogP contribution in [0.2, 0.25) is 0 Å². The van der Waals surface area contributed by atoms with E-state index < -0.39 is 0 Å². The Hall–Kier alpha value is -1.51. The Morgan fingerprint density at radius 2 is 2.10 bits per heavy atom. The first-order valence-electron chi connectivity index (χ1n) is 2.88. The van der Waals surface area contributed by atoms with Gasteiger partial charge in [0, 0.05) is 0 Å². The van der Waals surface area contributed by atoms with Crippen molar-refractivity contribution in [3.63, 3.8) is 0 Å². The molecule has 0 unspecified atom stereocenters. The lowest BCUT2D eigenvalue weighted by Crippen LogP contribution is -1.84. The van der Waals surface area contributed by atoms with Gasteiger partial charge in [0.25, 0.3) is 0 Å². The number of hydrogen-bond donors (Lipinski definition) is 2. The highest BCUT2D eigenvalue weighted by atomic mass is 15.0. The maximum absolute atomic E-state index is 5.37. The van der Waals surface area contributed by atoms with E-state index in [0.717, 1.165) is 11.4 Å². The molecule has 0 amide bonds. The minimum absolute atomic E-state index is 0.393. The fraction of sp³-hybridized carbons (Fsp3) is 0. The Balaban J connectivity index is 3.20. The van der Waals surface area contributed by atoms with Gasteiger partial charge in [0.2, 0.25) is 0 Å². The Morgan fingerprint density at radius 1 is 1.40 bits per heavy atom. The molecule has 1 heterocycles. The maximum atomic E-state index is 5.37. The van der Waals surface area contributed by atoms with Gasteiger partial charge in [0.05, 0.1) is 11.4 Å². The van der Waals surface area contributed by atoms with E-state index in [2.05, 4.69) is 23.1 Å². The number of anilines is 1. The van der Waals surface area contributed by atoms with Crippen molar-refractivity contribution in [2.45, 2.75) is 0 Å². The molecule has 52 valence electrons. The van der Waals surface area contributed by atoms with Crippen LogP contribution in [0.25, 0.3) is 12.2 Å². The summed E-state index contributed by atoms with van der Waals surface area (Å²) < 4.78 is 0. The number of nitrogens with zero attached hydrogens (tertiary/aromatic N) is 1. The molecule has 0 aliphatic rings. The Bertz CT molecular complexity index is 234. The molecule has 1 aromatic rings. The number of aromatic nitrogens is 2. The fourth-order valence-electron chi connectivity index (χ4n) is 0.731. The van der Waals surface area contributed by atoms with Gasteiger partial charge < -0.3 is 10.7 Å². The van der Waals surface area contributed by atoms with E-state index in [1.807, 2.05) is 0 Å². The number of nitrogen functional groups attached to an aromatic ring is 1. The minimum Gasteiger partial charge on any atom is -0.369 e. The molecular formula is C7H9N3. The van der Waals surface area contributed by atoms with E-state index >= 15 is 0 Å². The summed E-state index contributed by atoms with van der Waals surface area (Å²) in [6.45, 7) is 7.15. The normalized spacial score (nSPS) is 9.20. The Morgan fingerprint density at radius 3 is 2.50 bits per heavy atom. The van der Waals surface area contributed by atoms with Crippen molar-refractivity contribution in [2.75, 3.05) is 5.73 Å². The van der Waals surface area contributed by atoms with Crippen molar-refractivity contribution < 1.29 is 0 Å². The summed E-state index contributed by atoms with van der Waals surface area (Å²) in [5.74, 6) is 0.393. The van der Waals surface area contributed by atoms with Crippen molar-refractivity contribution in [3.8, 4) is 0 Å². The number of rotatable bonds is 2. The van der Waals surface area contributed by atoms with Crippen LogP contribution >= 0.6 is 0 Å². The predicted octanol–water partition coefficient (Wildman–Crippen LogP) is 1.28. The summed E-state index contributed by atoms with van der Waals surface area (Å²) in [5.41, 5.74) is 6.92. The van der Waals surface area contributed by atoms with Gasteiger partial charge in [-0.25, -0.2) is 4.98 Å². The quantitative estimate of drug-likeness (QED) is 0.641. The first kappa shape index (κ1) is 6.61. The lowest BCUT2D eigenvalue weighted by atomic mass is 10.3. The highest BCUT2D eigenvalue weighted by Crippen LogP contribution is 2.08. The second-order valence-corrected chi connectivity index (χ2v) is 1.83. The summed E-state index contributed by atoms with van der Waals surface area (Å²) in [5, 5.41) is 0. The lowest BCUT2D eigenvalue weighted by Gasteiger charge is -1.83. The molecule has 0 spiro atoms. The largest absolute Gasteiger partial charge is 0.369 e. The minimum atomic E-state index is 0.393. The van der Waals surface area contributed by atoms with Crippen LogP contribution in [-0.4, -0.2) is 9.97 Å². The monoisotopic (exact) mass is 135 g/mol. The van der Waals surface area contributed by atoms with Crippen LogP contribution in [0.4, 0.5) is 5.95 Å². The zero-order chi connectivity index (χ0) is 7.56. The number of H-pyrrole nitrogens is 1. The first-order valence-corrected chi connectivity index (χ1v) is 2.88. The summed E-state index contributed by atoms with van der Waals surface area (Å²) in [6.07, 6.45) is 3.28. The maximum Gasteiger partial charge on any atom is 0.198 e. The smallest absolute Gasteiger partial charge is 0.198 e. The van der Waals surface area contributed by atoms with E-state index in [0.29, 0.717) is 5.95 Å². The van der Waals surface area contributed by atoms with E-state index in [4.69, 9.17) is 5.73 Å². The summed E-state index contributed by atoms with van der Waals surface area (Å²) >= 11 is 0. The van der Waals surface area contributed by atoms with Gasteiger partial charge in [-0.2, -0.15) is 0 Å². The van der Waals surface area contributed by atoms with E-state index in [9.17, 15) is 0 Å². The topological polar surface area (TPSA) is 54.7 Å². The first-order chi connectivity index (χ1) is 4.77. The molecule has 10 heavy (non-hydrogen) atoms. The van der Waals surface area contributed by atoms with Gasteiger partial charge in [-0.1, -0.05) is 13.2 Å². The molecule has 0 aromatic carbocycles. The van der Waals surface area contributed by atoms with Crippen LogP contribution in [0.15, 0.2) is 13.2 Å². The van der Waals surface area contributed by atoms with Crippen LogP contribution in [0, 0.1) is 0 Å². The molecular weight excluding hydrogens is 126 g/mol. The third-order valence-corrected chi connectivity index (χ3v) is 1.18. The number of aromatic amines is 1. The predicted molar refractivity (Wildman–Crippen MR) is 43.2 cm³/mol. The highest BCUT2D eigenvalue weighted by molar-refractivity contribution is 5.59. The Kier molecular flexibility index (Phi) is 1.58. The van der Waals surface area contributed by atoms with Crippen LogP contribution in [0.3, 0.4) is 0 Å². The van der Waals surface area contributed by atoms with Gasteiger partial charge in [0.1, 0.15) is 0 Å². The zero-order valence-corrected chi connectivity index (χ0v) is 5.59. The van der Waals surface area contributed by atoms with Crippen molar-refractivity contribution in [1.29, 1.82) is 0 Å². The number of imidazole rings is 1. The Labute approximate surface area is 59.3 Å². The van der Waals surface area contributed by atoms with Gasteiger partial charge in [0.15, 0.2) is 5.95 Å². The third-order valence-electron chi connectivity index (χ3n) is 1.18. The number of nitrogens with two attached hydrogens (primary N) is 1. The molecule has 0 bridgehead atoms. The van der Waals surface area contributed by atoms with E-state index in [-0.39, 0.29) is 0 Å². The van der Waals surface area contributed by atoms with Crippen LogP contribution in [0.5, 0.6) is 0 Å². The molecule has 3 heteroatoms. The second kappa shape index (κ2) is 2.39. The number of nitrogens with one attached hydrogen (secondary N) is 1. The van der Waals surface area contributed by atoms with Crippen LogP contribution in [-0.2, 0) is 0 Å². The molecule has 0 saturated carbocycles. The molecule has 0 fully saturated rings. The summed E-state index contributed by atoms with van der Waals surface area (Å²) in [4.78, 5) is 6.76. The van der Waals surface area contributed by atoms with Gasteiger partial charge in [-0.3, -0.25) is 0 Å². The van der Waals surface area contributed by atoms with E-state index in [1.165, 1.54) is 0 Å². The molecule has 0 atom stereocenters. The molecule has 1 aromatic heterocycles. The van der Waals surface area contributed by atoms with Crippen molar-refractivity contribution in [1.82, 2.24) is 9.97 Å². The van der Waals surface area contributed by atoms with Crippen molar-refractivity contribution in [2.24, 2.45) is 0 Å². The highest BCUT2D eigenvalue weighted by Gasteiger charge is 1.99. The third kappa shape index (κ3) is 0.932. The fourth-order valence-corrected chi connectivity index (χ4v) is 0.731. The van der Waals surface area contributed by atoms with Crippen LogP contribution in [0.1, 0.15) is 11.4 Å². The summed E-state index contributed by atoms with van der Waals surface area (Å²) in [7, 11) is 0. The molecule has 0 aliphatic heterocycles. The molecule has 1 rings (SSSR count). The lowest BCUT2D eigenvalue weighted by molar-refractivity contribution is 1.31. The van der Waals surface area contributed by atoms with Gasteiger partial charge in [-0.15, -0.1) is 0 Å². The van der Waals surface area contributed by atoms with Crippen LogP contribution < -0.4 is 5.73 Å². The molecule has 3 nitrogen and oxygen atoms in total. The van der Waals surface area contributed by atoms with Crippen molar-refractivity contribution >= 4 is 18.1 Å². The average Bonchev–Trinajstić information content (AvgIpc) is 2.30. The van der Waals surface area contributed by atoms with Crippen molar-refractivity contribution in [3.05, 3.63) is 24.5 Å². The average molecular weight is 135 g/mol. The molecule has 3 N–H and O–H groups in total. The van der Waals surface area contributed by atoms with E-state index in [1.54, 1.807) is 12.2 Å². The van der Waals surface area contributed by atoms with Gasteiger partial charge in [-0.05, 0) is 12.2 Å². The SMILES string of the molecule is C=Cc1nc(N)[nH]c1C=C. The molecule has 0 saturated heterocycles. The second-order valence-electron chi connectivity index (χ2n) is 1.83. The summed E-state index contributed by atoms with van der Waals surface area (Å²) in [6, 6.07) is 0. The standard InChI is InChI=1S/C7H9N3/c1-3-5-6(4-2)10-7(8)9-5/h3-4H,1-2H2,(H3,8,9,10). The molecule has 0 radical (unpaired) electrons. The number of hydrogen-bond acceptors (Lipinski definition) is 2.